The summed E-state index contributed by atoms with van der Waals surface area (Å²) < 4.78 is 33.5. The molecule has 56 heavy (non-hydrogen) atoms. The number of carbonyl (C=O) groups excluding carboxylic acids is 2. The van der Waals surface area contributed by atoms with Crippen LogP contribution in [0.25, 0.3) is 0 Å². The second kappa shape index (κ2) is 31.2. The van der Waals surface area contributed by atoms with Crippen LogP contribution < -0.4 is 31.4 Å². The number of amides is 1. The van der Waals surface area contributed by atoms with E-state index < -0.39 is 0 Å². The van der Waals surface area contributed by atoms with E-state index in [1.807, 2.05) is 51.5 Å². The third kappa shape index (κ3) is 17.3. The maximum atomic E-state index is 12.8. The second-order valence-electron chi connectivity index (χ2n) is 12.5. The van der Waals surface area contributed by atoms with Crippen LogP contribution in [0, 0.1) is 18.3 Å². The number of ether oxygens (including phenoxy) is 6. The van der Waals surface area contributed by atoms with E-state index >= 15 is 0 Å². The van der Waals surface area contributed by atoms with Crippen LogP contribution in [0.5, 0.6) is 23.0 Å². The first-order chi connectivity index (χ1) is 25.3. The molecule has 0 bridgehead atoms. The Hall–Kier alpha value is -1.71. The first-order valence-electron chi connectivity index (χ1n) is 17.6. The monoisotopic (exact) mass is 963 g/mol. The van der Waals surface area contributed by atoms with Crippen molar-refractivity contribution in [1.29, 1.82) is 0 Å². The van der Waals surface area contributed by atoms with E-state index in [1.165, 1.54) is 30.4 Å². The Kier molecular flexibility index (Phi) is 32.7. The maximum Gasteiger partial charge on any atom is 2.00 e. The van der Waals surface area contributed by atoms with Gasteiger partial charge in [-0.1, -0.05) is 55.2 Å². The van der Waals surface area contributed by atoms with Gasteiger partial charge in [0, 0.05) is 52.7 Å². The van der Waals surface area contributed by atoms with Gasteiger partial charge in [0.1, 0.15) is 23.0 Å². The summed E-state index contributed by atoms with van der Waals surface area (Å²) in [5.41, 5.74) is 4.31. The summed E-state index contributed by atoms with van der Waals surface area (Å²) in [7, 11) is 12.7. The van der Waals surface area contributed by atoms with E-state index in [1.54, 1.807) is 42.6 Å². The van der Waals surface area contributed by atoms with Crippen molar-refractivity contribution in [3.63, 3.8) is 0 Å². The summed E-state index contributed by atoms with van der Waals surface area (Å²) in [6, 6.07) is 7.59. The van der Waals surface area contributed by atoms with E-state index in [2.05, 4.69) is 62.6 Å². The van der Waals surface area contributed by atoms with Crippen molar-refractivity contribution in [2.24, 2.45) is 11.8 Å². The molecule has 0 fully saturated rings. The normalized spacial score (nSPS) is 17.8. The van der Waals surface area contributed by atoms with Crippen LogP contribution in [0.4, 0.5) is 0 Å². The third-order valence-corrected chi connectivity index (χ3v) is 9.79. The summed E-state index contributed by atoms with van der Waals surface area (Å²) in [5.74, 6) is 1.90. The predicted octanol–water partition coefficient (Wildman–Crippen LogP) is 6.93. The zero-order valence-corrected chi connectivity index (χ0v) is 41.4. The molecular formula is C41H61Br2Cl2MgNO9. The molecule has 2 aromatic carbocycles. The van der Waals surface area contributed by atoms with Gasteiger partial charge in [-0.3, -0.25) is 14.4 Å². The standard InChI is InChI=1S/C18H24BrNO4.C17H21BrO4.C3H8O.C3H7.2ClH.Mg/c1-11-6-7-13(18(21)20(2)24-5)14(8-11)17-15(22-3)9-12(19)10-16(17)23-4;1-10-5-6-12(17(19)22-4)13(7-10)16-14(20-2)8-11(18)9-15(16)21-3;1-3-4-2;1-3-2;;;/h8-10,13-14H,6-7H2,1-5H3;7-9,12-13H,5-6H2,1-4H3;3H2,1-2H3;3H,1-2H3;2*1H;/q;;;-1;;;+2/p-1/t13-,14-;12-,13-;;;;;/m11...../s1. The Balaban J connectivity index is -0.000000823. The van der Waals surface area contributed by atoms with Crippen molar-refractivity contribution in [3.05, 3.63) is 74.1 Å². The predicted molar refractivity (Wildman–Crippen MR) is 231 cm³/mol. The molecule has 0 spiro atoms. The summed E-state index contributed by atoms with van der Waals surface area (Å²) in [5, 5.41) is 1.30. The number of hydroxylamine groups is 2. The molecule has 4 atom stereocenters. The summed E-state index contributed by atoms with van der Waals surface area (Å²) in [6.45, 7) is 10.9. The number of hydrogen-bond acceptors (Lipinski definition) is 9. The second-order valence-corrected chi connectivity index (χ2v) is 14.3. The van der Waals surface area contributed by atoms with Crippen LogP contribution in [0.15, 0.2) is 56.5 Å². The summed E-state index contributed by atoms with van der Waals surface area (Å²) in [4.78, 5) is 30.0. The zero-order valence-electron chi connectivity index (χ0n) is 35.3. The number of rotatable bonds is 10. The van der Waals surface area contributed by atoms with Crippen molar-refractivity contribution in [3.8, 4) is 23.0 Å². The Morgan fingerprint density at radius 1 is 0.732 bits per heavy atom. The molecule has 10 nitrogen and oxygen atoms in total. The number of allylic oxidation sites excluding steroid dienone is 4. The molecule has 15 heteroatoms. The molecule has 0 heterocycles. The number of esters is 1. The molecule has 0 saturated heterocycles. The van der Waals surface area contributed by atoms with E-state index in [0.29, 0.717) is 23.0 Å². The van der Waals surface area contributed by atoms with Crippen molar-refractivity contribution < 1.29 is 55.3 Å². The van der Waals surface area contributed by atoms with Crippen molar-refractivity contribution >= 4 is 79.2 Å². The topological polar surface area (TPSA) is 102 Å². The SMILES string of the molecule is CCOC.COC(=O)[C@@H]1CCC(C)=C[C@H]1c1c(OC)cc(Br)cc1OC.COc1cc(Br)cc(OC)c1[C@@H]1C=C(C)CC[C@H]1C(=O)N(C)OC.C[CH-]C.Cl.[Cl-].[Mg+2]. The Morgan fingerprint density at radius 3 is 1.34 bits per heavy atom. The molecule has 0 N–H and O–H groups in total. The van der Waals surface area contributed by atoms with Crippen LogP contribution in [0.1, 0.15) is 83.3 Å². The molecule has 2 aliphatic rings. The van der Waals surface area contributed by atoms with E-state index in [9.17, 15) is 9.59 Å². The Bertz CT molecular complexity index is 1480. The van der Waals surface area contributed by atoms with Gasteiger partial charge in [-0.25, -0.2) is 5.06 Å². The van der Waals surface area contributed by atoms with Crippen LogP contribution in [0.3, 0.4) is 0 Å². The van der Waals surface area contributed by atoms with Crippen molar-refractivity contribution in [2.45, 2.75) is 72.1 Å². The fraction of sp³-hybridized carbons (Fsp3) is 0.537. The molecule has 0 saturated carbocycles. The average molecular weight is 967 g/mol. The number of nitrogens with zero attached hydrogens (tertiary/aromatic N) is 1. The largest absolute Gasteiger partial charge is 2.00 e. The summed E-state index contributed by atoms with van der Waals surface area (Å²) in [6.07, 6.45) is 9.59. The van der Waals surface area contributed by atoms with Gasteiger partial charge in [0.15, 0.2) is 0 Å². The van der Waals surface area contributed by atoms with E-state index in [4.69, 9.17) is 28.5 Å². The number of hydrogen-bond donors (Lipinski definition) is 0. The van der Waals surface area contributed by atoms with Gasteiger partial charge in [0.05, 0.1) is 54.5 Å². The zero-order chi connectivity index (χ0) is 40.2. The fourth-order valence-electron chi connectivity index (χ4n) is 6.19. The number of carbonyl (C=O) groups is 2. The van der Waals surface area contributed by atoms with E-state index in [0.717, 1.165) is 52.4 Å². The van der Waals surface area contributed by atoms with Gasteiger partial charge in [-0.2, -0.15) is 13.8 Å². The Labute approximate surface area is 381 Å². The molecule has 314 valence electrons. The number of benzene rings is 2. The first-order valence-corrected chi connectivity index (χ1v) is 19.2. The van der Waals surface area contributed by atoms with Gasteiger partial charge in [-0.15, -0.1) is 12.4 Å². The minimum absolute atomic E-state index is 0. The quantitative estimate of drug-likeness (QED) is 0.0826. The minimum atomic E-state index is -0.224. The van der Waals surface area contributed by atoms with Gasteiger partial charge >= 0.3 is 29.0 Å². The molecule has 2 aromatic rings. The van der Waals surface area contributed by atoms with Crippen LogP contribution >= 0.6 is 44.3 Å². The molecule has 0 aromatic heterocycles. The van der Waals surface area contributed by atoms with Gasteiger partial charge in [0.2, 0.25) is 5.91 Å². The molecule has 0 unspecified atom stereocenters. The smallest absolute Gasteiger partial charge is 1.00 e. The van der Waals surface area contributed by atoms with Crippen LogP contribution in [-0.2, 0) is 23.9 Å². The van der Waals surface area contributed by atoms with Crippen LogP contribution in [-0.4, -0.2) is 103 Å². The summed E-state index contributed by atoms with van der Waals surface area (Å²) >= 11 is 6.93. The molecule has 0 radical (unpaired) electrons. The molecular weight excluding hydrogens is 905 g/mol. The van der Waals surface area contributed by atoms with Gasteiger partial charge in [0.25, 0.3) is 0 Å². The van der Waals surface area contributed by atoms with Crippen molar-refractivity contribution in [1.82, 2.24) is 5.06 Å². The maximum absolute atomic E-state index is 12.8. The molecule has 1 amide bonds. The minimum Gasteiger partial charge on any atom is -1.00 e. The third-order valence-electron chi connectivity index (χ3n) is 8.87. The Morgan fingerprint density at radius 2 is 1.05 bits per heavy atom. The van der Waals surface area contributed by atoms with E-state index in [-0.39, 0.29) is 83.4 Å². The molecule has 0 aliphatic heterocycles. The average Bonchev–Trinajstić information content (AvgIpc) is 3.16. The number of methoxy groups -OCH3 is 6. The molecule has 4 rings (SSSR count). The van der Waals surface area contributed by atoms with Gasteiger partial charge < -0.3 is 47.2 Å². The van der Waals surface area contributed by atoms with Crippen molar-refractivity contribution in [2.75, 3.05) is 63.4 Å². The van der Waals surface area contributed by atoms with Gasteiger partial charge in [-0.05, 0) is 70.7 Å². The molecule has 2 aliphatic carbocycles. The fourth-order valence-corrected chi connectivity index (χ4v) is 7.03. The van der Waals surface area contributed by atoms with Crippen LogP contribution in [0.2, 0.25) is 0 Å². The number of halogens is 4. The first kappa shape index (κ1) is 58.6.